The Morgan fingerprint density at radius 2 is 0.614 bits per heavy atom. The molecular weight excluding hydrogens is 861 g/mol. The van der Waals surface area contributed by atoms with Gasteiger partial charge in [-0.25, -0.2) is 0 Å². The minimum absolute atomic E-state index is 0.0852. The van der Waals surface area contributed by atoms with E-state index < -0.39 is 6.10 Å². The first-order valence-corrected chi connectivity index (χ1v) is 30.1. The molecule has 5 heteroatoms. The first-order chi connectivity index (χ1) is 34.6. The Morgan fingerprint density at radius 3 is 0.971 bits per heavy atom. The molecule has 0 radical (unpaired) electrons. The molecule has 5 nitrogen and oxygen atoms in total. The molecule has 0 aromatic heterocycles. The lowest BCUT2D eigenvalue weighted by molar-refractivity contribution is -0.161. The van der Waals surface area contributed by atoms with Crippen molar-refractivity contribution >= 4 is 11.9 Å². The Hall–Kier alpha value is -2.92. The van der Waals surface area contributed by atoms with Crippen LogP contribution in [0.4, 0.5) is 0 Å². The standard InChI is InChI=1S/C65H114O5/c1-3-5-7-9-11-13-15-17-19-21-23-25-26-27-28-29-30-31-32-33-34-35-36-37-38-40-41-43-45-47-49-51-53-55-57-59-64(67)69-62-63(61-66)70-65(68)60-58-56-54-52-50-48-46-44-42-39-24-22-20-18-16-14-12-10-8-6-4-2/h6,8,12,14,18,20-21,23-24,39,44,46,50,52,63,66H,3-5,7,9-11,13,15-17,19,22,25-38,40-43,45,47-49,51,53-62H2,1-2H3/b8-6-,14-12-,20-18-,23-21-,39-24-,46-44-,52-50-. The first-order valence-electron chi connectivity index (χ1n) is 30.1. The van der Waals surface area contributed by atoms with Gasteiger partial charge in [-0.2, -0.15) is 0 Å². The van der Waals surface area contributed by atoms with E-state index >= 15 is 0 Å². The molecule has 0 aromatic rings. The van der Waals surface area contributed by atoms with Gasteiger partial charge in [-0.1, -0.05) is 279 Å². The van der Waals surface area contributed by atoms with Crippen LogP contribution in [0.15, 0.2) is 85.1 Å². The van der Waals surface area contributed by atoms with Gasteiger partial charge in [-0.15, -0.1) is 0 Å². The van der Waals surface area contributed by atoms with Crippen molar-refractivity contribution in [3.05, 3.63) is 85.1 Å². The number of aliphatic hydroxyl groups excluding tert-OH is 1. The Bertz CT molecular complexity index is 1290. The Labute approximate surface area is 435 Å². The largest absolute Gasteiger partial charge is 0.462 e. The van der Waals surface area contributed by atoms with E-state index in [9.17, 15) is 14.7 Å². The summed E-state index contributed by atoms with van der Waals surface area (Å²) in [5.41, 5.74) is 0. The van der Waals surface area contributed by atoms with Crippen molar-refractivity contribution in [3.8, 4) is 0 Å². The molecule has 0 spiro atoms. The van der Waals surface area contributed by atoms with E-state index in [-0.39, 0.29) is 25.2 Å². The molecule has 0 aliphatic heterocycles. The van der Waals surface area contributed by atoms with E-state index in [0.717, 1.165) is 77.0 Å². The lowest BCUT2D eigenvalue weighted by Crippen LogP contribution is -2.28. The van der Waals surface area contributed by atoms with Crippen LogP contribution in [0, 0.1) is 0 Å². The van der Waals surface area contributed by atoms with Crippen LogP contribution >= 0.6 is 0 Å². The summed E-state index contributed by atoms with van der Waals surface area (Å²) in [5.74, 6) is -0.635. The summed E-state index contributed by atoms with van der Waals surface area (Å²) in [5, 5.41) is 9.65. The lowest BCUT2D eigenvalue weighted by atomic mass is 10.0. The second kappa shape index (κ2) is 60.4. The zero-order chi connectivity index (χ0) is 50.6. The maximum absolute atomic E-state index is 12.3. The molecule has 0 aliphatic rings. The van der Waals surface area contributed by atoms with Crippen molar-refractivity contribution < 1.29 is 24.2 Å². The fraction of sp³-hybridized carbons (Fsp3) is 0.754. The fourth-order valence-electron chi connectivity index (χ4n) is 8.67. The van der Waals surface area contributed by atoms with Gasteiger partial charge in [0.05, 0.1) is 6.61 Å². The maximum Gasteiger partial charge on any atom is 0.306 e. The summed E-state index contributed by atoms with van der Waals surface area (Å²) in [6, 6.07) is 0. The molecule has 404 valence electrons. The highest BCUT2D eigenvalue weighted by molar-refractivity contribution is 5.70. The molecule has 70 heavy (non-hydrogen) atoms. The number of esters is 2. The van der Waals surface area contributed by atoms with Crippen LogP contribution in [0.3, 0.4) is 0 Å². The second-order valence-corrected chi connectivity index (χ2v) is 20.0. The molecule has 1 N–H and O–H groups in total. The van der Waals surface area contributed by atoms with Crippen molar-refractivity contribution in [2.75, 3.05) is 13.2 Å². The maximum atomic E-state index is 12.3. The molecule has 0 aromatic carbocycles. The number of aliphatic hydroxyl groups is 1. The molecule has 0 bridgehead atoms. The molecule has 0 saturated heterocycles. The van der Waals surface area contributed by atoms with Gasteiger partial charge >= 0.3 is 11.9 Å². The number of ether oxygens (including phenoxy) is 2. The number of unbranched alkanes of at least 4 members (excludes halogenated alkanes) is 33. The first kappa shape index (κ1) is 67.1. The van der Waals surface area contributed by atoms with Crippen LogP contribution in [0.2, 0.25) is 0 Å². The summed E-state index contributed by atoms with van der Waals surface area (Å²) < 4.78 is 10.7. The second-order valence-electron chi connectivity index (χ2n) is 20.0. The van der Waals surface area contributed by atoms with Gasteiger partial charge in [-0.3, -0.25) is 9.59 Å². The monoisotopic (exact) mass is 975 g/mol. The predicted octanol–water partition coefficient (Wildman–Crippen LogP) is 20.5. The third kappa shape index (κ3) is 57.7. The number of allylic oxidation sites excluding steroid dienone is 14. The van der Waals surface area contributed by atoms with Crippen LogP contribution in [-0.2, 0) is 19.1 Å². The van der Waals surface area contributed by atoms with E-state index in [1.165, 1.54) is 193 Å². The minimum atomic E-state index is -0.799. The highest BCUT2D eigenvalue weighted by Gasteiger charge is 2.16. The topological polar surface area (TPSA) is 72.8 Å². The van der Waals surface area contributed by atoms with Gasteiger partial charge in [0.25, 0.3) is 0 Å². The van der Waals surface area contributed by atoms with E-state index in [1.807, 2.05) is 0 Å². The SMILES string of the molecule is CC/C=C\C/C=C\C/C=C\C/C=C\C/C=C\C/C=C\CCCCC(=O)OC(CO)COC(=O)CCCCCCCCCCCCCCCCCCCCCCCCC/C=C\CCCCCCCCCC. The van der Waals surface area contributed by atoms with Crippen LogP contribution in [-0.4, -0.2) is 36.4 Å². The van der Waals surface area contributed by atoms with E-state index in [4.69, 9.17) is 9.47 Å². The summed E-state index contributed by atoms with van der Waals surface area (Å²) in [6.07, 6.45) is 84.5. The molecule has 0 rings (SSSR count). The number of carbonyl (C=O) groups is 2. The molecule has 0 saturated carbocycles. The zero-order valence-electron chi connectivity index (χ0n) is 46.3. The number of hydrogen-bond donors (Lipinski definition) is 1. The number of rotatable bonds is 55. The van der Waals surface area contributed by atoms with Gasteiger partial charge in [0, 0.05) is 12.8 Å². The molecule has 1 atom stereocenters. The van der Waals surface area contributed by atoms with Gasteiger partial charge in [0.1, 0.15) is 6.61 Å². The molecule has 0 heterocycles. The Morgan fingerprint density at radius 1 is 0.343 bits per heavy atom. The molecule has 1 unspecified atom stereocenters. The molecule has 0 fully saturated rings. The van der Waals surface area contributed by atoms with Gasteiger partial charge in [-0.05, 0) is 89.9 Å². The van der Waals surface area contributed by atoms with Crippen molar-refractivity contribution in [1.82, 2.24) is 0 Å². The van der Waals surface area contributed by atoms with Crippen molar-refractivity contribution in [3.63, 3.8) is 0 Å². The lowest BCUT2D eigenvalue weighted by Gasteiger charge is -2.15. The number of hydrogen-bond acceptors (Lipinski definition) is 5. The molecule has 0 aliphatic carbocycles. The normalized spacial score (nSPS) is 12.8. The van der Waals surface area contributed by atoms with Crippen molar-refractivity contribution in [2.24, 2.45) is 0 Å². The minimum Gasteiger partial charge on any atom is -0.462 e. The van der Waals surface area contributed by atoms with Gasteiger partial charge in [0.2, 0.25) is 0 Å². The summed E-state index contributed by atoms with van der Waals surface area (Å²) in [6.45, 7) is 4.01. The van der Waals surface area contributed by atoms with E-state index in [0.29, 0.717) is 12.8 Å². The van der Waals surface area contributed by atoms with Gasteiger partial charge in [0.15, 0.2) is 6.10 Å². The smallest absolute Gasteiger partial charge is 0.306 e. The zero-order valence-corrected chi connectivity index (χ0v) is 46.3. The number of carbonyl (C=O) groups excluding carboxylic acids is 2. The Kier molecular flexibility index (Phi) is 57.9. The fourth-order valence-corrected chi connectivity index (χ4v) is 8.67. The van der Waals surface area contributed by atoms with Crippen LogP contribution in [0.5, 0.6) is 0 Å². The average Bonchev–Trinajstić information content (AvgIpc) is 3.36. The quantitative estimate of drug-likeness (QED) is 0.0373. The van der Waals surface area contributed by atoms with Gasteiger partial charge < -0.3 is 14.6 Å². The summed E-state index contributed by atoms with van der Waals surface area (Å²) in [7, 11) is 0. The summed E-state index contributed by atoms with van der Waals surface area (Å²) >= 11 is 0. The predicted molar refractivity (Wildman–Crippen MR) is 306 cm³/mol. The third-order valence-electron chi connectivity index (χ3n) is 13.2. The van der Waals surface area contributed by atoms with Crippen molar-refractivity contribution in [2.45, 2.75) is 302 Å². The van der Waals surface area contributed by atoms with Crippen LogP contribution in [0.25, 0.3) is 0 Å². The van der Waals surface area contributed by atoms with E-state index in [2.05, 4.69) is 98.9 Å². The Balaban J connectivity index is 3.47. The van der Waals surface area contributed by atoms with Crippen LogP contribution in [0.1, 0.15) is 296 Å². The van der Waals surface area contributed by atoms with Crippen molar-refractivity contribution in [1.29, 1.82) is 0 Å². The third-order valence-corrected chi connectivity index (χ3v) is 13.2. The molecule has 0 amide bonds. The molecular formula is C65H114O5. The highest BCUT2D eigenvalue weighted by Crippen LogP contribution is 2.17. The van der Waals surface area contributed by atoms with E-state index in [1.54, 1.807) is 0 Å². The average molecular weight is 976 g/mol. The highest BCUT2D eigenvalue weighted by atomic mass is 16.6. The van der Waals surface area contributed by atoms with Crippen LogP contribution < -0.4 is 0 Å². The summed E-state index contributed by atoms with van der Waals surface area (Å²) in [4.78, 5) is 24.5.